The van der Waals surface area contributed by atoms with E-state index in [0.717, 1.165) is 22.6 Å². The zero-order valence-electron chi connectivity index (χ0n) is 11.7. The van der Waals surface area contributed by atoms with Crippen LogP contribution in [0.2, 0.25) is 0 Å². The summed E-state index contributed by atoms with van der Waals surface area (Å²) in [5, 5.41) is 5.17. The molecular weight excluding hydrogens is 244 g/mol. The number of nitrogens with one attached hydrogen (secondary N) is 2. The van der Waals surface area contributed by atoms with Crippen molar-refractivity contribution in [3.63, 3.8) is 0 Å². The standard InChI is InChI=1S/C13H20N4O2/c1-5-19-10-6-8(2)11(9(3)7-10)16-13(18)17-12(14)15-4/h6-7H,5H2,1-4H3,(H4,14,15,16,17,18). The van der Waals surface area contributed by atoms with E-state index in [9.17, 15) is 4.79 Å². The number of nitrogens with two attached hydrogens (primary N) is 1. The van der Waals surface area contributed by atoms with Gasteiger partial charge < -0.3 is 15.8 Å². The van der Waals surface area contributed by atoms with Gasteiger partial charge in [-0.2, -0.15) is 0 Å². The second-order valence-corrected chi connectivity index (χ2v) is 4.05. The van der Waals surface area contributed by atoms with Gasteiger partial charge in [-0.05, 0) is 44.0 Å². The number of ether oxygens (including phenoxy) is 1. The molecule has 0 spiro atoms. The van der Waals surface area contributed by atoms with Crippen LogP contribution in [0.5, 0.6) is 5.75 Å². The number of aliphatic imine (C=N–C) groups is 1. The molecule has 0 fully saturated rings. The number of rotatable bonds is 3. The Hall–Kier alpha value is -2.24. The van der Waals surface area contributed by atoms with Crippen LogP contribution in [0.1, 0.15) is 18.1 Å². The van der Waals surface area contributed by atoms with E-state index in [2.05, 4.69) is 15.6 Å². The van der Waals surface area contributed by atoms with Crippen LogP contribution in [0, 0.1) is 13.8 Å². The molecule has 0 heterocycles. The molecule has 1 rings (SSSR count). The minimum atomic E-state index is -0.418. The van der Waals surface area contributed by atoms with Gasteiger partial charge in [0.2, 0.25) is 0 Å². The van der Waals surface area contributed by atoms with Crippen LogP contribution in [-0.4, -0.2) is 25.6 Å². The zero-order valence-corrected chi connectivity index (χ0v) is 11.7. The highest BCUT2D eigenvalue weighted by molar-refractivity contribution is 6.02. The Balaban J connectivity index is 2.87. The summed E-state index contributed by atoms with van der Waals surface area (Å²) in [6.45, 7) is 6.34. The van der Waals surface area contributed by atoms with Gasteiger partial charge in [-0.25, -0.2) is 4.79 Å². The summed E-state index contributed by atoms with van der Waals surface area (Å²) >= 11 is 0. The average molecular weight is 264 g/mol. The maximum atomic E-state index is 11.7. The normalized spacial score (nSPS) is 11.1. The smallest absolute Gasteiger partial charge is 0.326 e. The molecule has 2 amide bonds. The van der Waals surface area contributed by atoms with E-state index in [-0.39, 0.29) is 5.96 Å². The highest BCUT2D eigenvalue weighted by Gasteiger charge is 2.09. The van der Waals surface area contributed by atoms with Crippen molar-refractivity contribution in [2.24, 2.45) is 10.7 Å². The first-order chi connectivity index (χ1) is 8.97. The SMILES string of the molecule is CCOc1cc(C)c(NC(=O)NC(N)=NC)c(C)c1. The zero-order chi connectivity index (χ0) is 14.4. The van der Waals surface area contributed by atoms with Crippen molar-refractivity contribution in [3.05, 3.63) is 23.3 Å². The number of amides is 2. The molecule has 104 valence electrons. The molecular formula is C13H20N4O2. The molecule has 0 radical (unpaired) electrons. The summed E-state index contributed by atoms with van der Waals surface area (Å²) in [5.41, 5.74) is 8.01. The summed E-state index contributed by atoms with van der Waals surface area (Å²) in [4.78, 5) is 15.3. The molecule has 0 atom stereocenters. The van der Waals surface area contributed by atoms with Gasteiger partial charge in [-0.3, -0.25) is 10.3 Å². The van der Waals surface area contributed by atoms with Crippen LogP contribution in [0.4, 0.5) is 10.5 Å². The summed E-state index contributed by atoms with van der Waals surface area (Å²) in [6, 6.07) is 3.34. The van der Waals surface area contributed by atoms with Crippen LogP contribution in [0.25, 0.3) is 0 Å². The number of benzene rings is 1. The van der Waals surface area contributed by atoms with E-state index in [4.69, 9.17) is 10.5 Å². The van der Waals surface area contributed by atoms with E-state index < -0.39 is 6.03 Å². The second-order valence-electron chi connectivity index (χ2n) is 4.05. The minimum absolute atomic E-state index is 0.0683. The van der Waals surface area contributed by atoms with E-state index in [1.165, 1.54) is 7.05 Å². The fourth-order valence-electron chi connectivity index (χ4n) is 1.69. The number of nitrogens with zero attached hydrogens (tertiary/aromatic N) is 1. The lowest BCUT2D eigenvalue weighted by molar-refractivity contribution is 0.256. The predicted molar refractivity (Wildman–Crippen MR) is 76.8 cm³/mol. The molecule has 0 aliphatic heterocycles. The molecule has 0 aromatic heterocycles. The third kappa shape index (κ3) is 4.17. The maximum absolute atomic E-state index is 11.7. The van der Waals surface area contributed by atoms with Crippen LogP contribution < -0.4 is 21.1 Å². The van der Waals surface area contributed by atoms with Crippen molar-refractivity contribution >= 4 is 17.7 Å². The average Bonchev–Trinajstić information content (AvgIpc) is 2.34. The second kappa shape index (κ2) is 6.63. The third-order valence-electron chi connectivity index (χ3n) is 2.54. The van der Waals surface area contributed by atoms with Crippen molar-refractivity contribution in [1.29, 1.82) is 0 Å². The van der Waals surface area contributed by atoms with Gasteiger partial charge in [0, 0.05) is 12.7 Å². The number of aryl methyl sites for hydroxylation is 2. The molecule has 6 nitrogen and oxygen atoms in total. The Morgan fingerprint density at radius 3 is 2.42 bits per heavy atom. The number of carbonyl (C=O) groups excluding carboxylic acids is 1. The van der Waals surface area contributed by atoms with E-state index >= 15 is 0 Å². The first kappa shape index (κ1) is 14.8. The lowest BCUT2D eigenvalue weighted by atomic mass is 10.1. The Morgan fingerprint density at radius 1 is 1.37 bits per heavy atom. The lowest BCUT2D eigenvalue weighted by Gasteiger charge is -2.14. The minimum Gasteiger partial charge on any atom is -0.494 e. The summed E-state index contributed by atoms with van der Waals surface area (Å²) in [5.74, 6) is 0.858. The number of carbonyl (C=O) groups is 1. The fraction of sp³-hybridized carbons (Fsp3) is 0.385. The van der Waals surface area contributed by atoms with Gasteiger partial charge in [0.05, 0.1) is 6.61 Å². The molecule has 6 heteroatoms. The van der Waals surface area contributed by atoms with Gasteiger partial charge in [0.1, 0.15) is 5.75 Å². The largest absolute Gasteiger partial charge is 0.494 e. The lowest BCUT2D eigenvalue weighted by Crippen LogP contribution is -2.39. The van der Waals surface area contributed by atoms with Gasteiger partial charge in [-0.15, -0.1) is 0 Å². The van der Waals surface area contributed by atoms with Crippen molar-refractivity contribution in [2.75, 3.05) is 19.0 Å². The van der Waals surface area contributed by atoms with Crippen molar-refractivity contribution < 1.29 is 9.53 Å². The summed E-state index contributed by atoms with van der Waals surface area (Å²) in [7, 11) is 1.50. The van der Waals surface area contributed by atoms with Crippen molar-refractivity contribution in [2.45, 2.75) is 20.8 Å². The van der Waals surface area contributed by atoms with Gasteiger partial charge in [0.25, 0.3) is 0 Å². The fourth-order valence-corrected chi connectivity index (χ4v) is 1.69. The molecule has 0 aliphatic carbocycles. The monoisotopic (exact) mass is 264 g/mol. The number of hydrogen-bond acceptors (Lipinski definition) is 3. The maximum Gasteiger partial charge on any atom is 0.326 e. The van der Waals surface area contributed by atoms with Crippen LogP contribution in [0.3, 0.4) is 0 Å². The third-order valence-corrected chi connectivity index (χ3v) is 2.54. The molecule has 1 aromatic carbocycles. The number of hydrogen-bond donors (Lipinski definition) is 3. The van der Waals surface area contributed by atoms with E-state index in [0.29, 0.717) is 6.61 Å². The first-order valence-corrected chi connectivity index (χ1v) is 6.02. The molecule has 1 aromatic rings. The first-order valence-electron chi connectivity index (χ1n) is 6.02. The number of anilines is 1. The topological polar surface area (TPSA) is 88.7 Å². The van der Waals surface area contributed by atoms with Gasteiger partial charge in [-0.1, -0.05) is 0 Å². The molecule has 0 bridgehead atoms. The van der Waals surface area contributed by atoms with Crippen LogP contribution >= 0.6 is 0 Å². The predicted octanol–water partition coefficient (Wildman–Crippen LogP) is 1.77. The summed E-state index contributed by atoms with van der Waals surface area (Å²) < 4.78 is 5.44. The van der Waals surface area contributed by atoms with Crippen LogP contribution in [0.15, 0.2) is 17.1 Å². The molecule has 0 unspecified atom stereocenters. The van der Waals surface area contributed by atoms with Gasteiger partial charge >= 0.3 is 6.03 Å². The summed E-state index contributed by atoms with van der Waals surface area (Å²) in [6.07, 6.45) is 0. The Labute approximate surface area is 113 Å². The van der Waals surface area contributed by atoms with Crippen molar-refractivity contribution in [3.8, 4) is 5.75 Å². The molecule has 0 saturated carbocycles. The van der Waals surface area contributed by atoms with E-state index in [1.54, 1.807) is 0 Å². The number of guanidine groups is 1. The molecule has 0 aliphatic rings. The molecule has 0 saturated heterocycles. The van der Waals surface area contributed by atoms with Gasteiger partial charge in [0.15, 0.2) is 5.96 Å². The number of urea groups is 1. The van der Waals surface area contributed by atoms with E-state index in [1.807, 2.05) is 32.9 Å². The molecule has 4 N–H and O–H groups in total. The van der Waals surface area contributed by atoms with Crippen LogP contribution in [-0.2, 0) is 0 Å². The quantitative estimate of drug-likeness (QED) is 0.574. The Bertz CT molecular complexity index is 474. The highest BCUT2D eigenvalue weighted by Crippen LogP contribution is 2.26. The molecule has 19 heavy (non-hydrogen) atoms. The Morgan fingerprint density at radius 2 is 1.95 bits per heavy atom. The Kier molecular flexibility index (Phi) is 5.17. The van der Waals surface area contributed by atoms with Crippen molar-refractivity contribution in [1.82, 2.24) is 5.32 Å². The highest BCUT2D eigenvalue weighted by atomic mass is 16.5.